The number of hydrogen-bond donors (Lipinski definition) is 4. The van der Waals surface area contributed by atoms with Gasteiger partial charge in [-0.1, -0.05) is 0 Å². The summed E-state index contributed by atoms with van der Waals surface area (Å²) in [5, 5.41) is 20.0. The van der Waals surface area contributed by atoms with Crippen LogP contribution in [0.3, 0.4) is 0 Å². The number of hydrogen-bond acceptors (Lipinski definition) is 9. The first kappa shape index (κ1) is 25.2. The minimum atomic E-state index is -4.86. The Labute approximate surface area is 187 Å². The molecule has 29 heavy (non-hydrogen) atoms. The topological polar surface area (TPSA) is 185 Å². The molecule has 153 valence electrons. The molecule has 0 heterocycles. The summed E-state index contributed by atoms with van der Waals surface area (Å²) in [6.45, 7) is 0. The molecule has 0 saturated heterocycles. The summed E-state index contributed by atoms with van der Waals surface area (Å²) in [7, 11) is -7.61. The van der Waals surface area contributed by atoms with E-state index in [0.29, 0.717) is 12.1 Å². The smallest absolute Gasteiger partial charge is 0.298 e. The summed E-state index contributed by atoms with van der Waals surface area (Å²) < 4.78 is 73.9. The van der Waals surface area contributed by atoms with E-state index in [2.05, 4.69) is 0 Å². The quantitative estimate of drug-likeness (QED) is 0.268. The van der Waals surface area contributed by atoms with Gasteiger partial charge in [0.1, 0.15) is 32.8 Å². The molecule has 0 unspecified atom stereocenters. The van der Waals surface area contributed by atoms with E-state index in [0.717, 1.165) is 26.4 Å². The van der Waals surface area contributed by atoms with Gasteiger partial charge in [-0.3, -0.25) is 13.9 Å². The summed E-state index contributed by atoms with van der Waals surface area (Å²) in [6.07, 6.45) is 0. The molecule has 0 spiro atoms. The van der Waals surface area contributed by atoms with Gasteiger partial charge in [-0.25, -0.2) is 0 Å². The monoisotopic (exact) mass is 457 g/mol. The van der Waals surface area contributed by atoms with E-state index in [1.54, 1.807) is 0 Å². The molecular weight excluding hydrogens is 443 g/mol. The van der Waals surface area contributed by atoms with E-state index < -0.39 is 69.9 Å². The van der Waals surface area contributed by atoms with Crippen LogP contribution < -0.4 is 9.47 Å². The van der Waals surface area contributed by atoms with Crippen LogP contribution in [0.2, 0.25) is 0 Å². The van der Waals surface area contributed by atoms with E-state index in [1.165, 1.54) is 0 Å². The number of methoxy groups -OCH3 is 2. The van der Waals surface area contributed by atoms with Crippen LogP contribution in [0.15, 0.2) is 34.1 Å². The van der Waals surface area contributed by atoms with Crippen LogP contribution in [0.4, 0.5) is 0 Å². The van der Waals surface area contributed by atoms with E-state index in [4.69, 9.17) is 9.47 Å². The van der Waals surface area contributed by atoms with Crippen LogP contribution in [-0.2, 0) is 20.2 Å². The van der Waals surface area contributed by atoms with E-state index in [-0.39, 0.29) is 29.6 Å². The summed E-state index contributed by atoms with van der Waals surface area (Å²) in [6, 6.07) is 2.65. The molecule has 2 aromatic rings. The number of phenols is 2. The summed E-state index contributed by atoms with van der Waals surface area (Å²) in [5.74, 6) is -3.70. The van der Waals surface area contributed by atoms with Gasteiger partial charge in [-0.15, -0.1) is 0 Å². The van der Waals surface area contributed by atoms with Crippen molar-refractivity contribution in [2.24, 2.45) is 0 Å². The van der Waals surface area contributed by atoms with Gasteiger partial charge in [0, 0.05) is 41.7 Å². The van der Waals surface area contributed by atoms with Crippen LogP contribution in [-0.4, -0.2) is 85.7 Å². The number of benzene rings is 2. The first-order valence-corrected chi connectivity index (χ1v) is 10.0. The van der Waals surface area contributed by atoms with Gasteiger partial charge >= 0.3 is 0 Å². The molecule has 0 fully saturated rings. The molecule has 0 aliphatic carbocycles. The normalized spacial score (nSPS) is 11.4. The Hall–Kier alpha value is -1.87. The Kier molecular flexibility index (Phi) is 7.70. The fraction of sp³-hybridized carbons (Fsp3) is 0.133. The molecule has 0 bridgehead atoms. The van der Waals surface area contributed by atoms with Crippen molar-refractivity contribution < 1.29 is 50.4 Å². The second kappa shape index (κ2) is 8.87. The third kappa shape index (κ3) is 5.19. The third-order valence-corrected chi connectivity index (χ3v) is 5.36. The van der Waals surface area contributed by atoms with E-state index in [9.17, 15) is 40.9 Å². The van der Waals surface area contributed by atoms with Gasteiger partial charge < -0.3 is 19.7 Å². The zero-order chi connectivity index (χ0) is 21.4. The minimum Gasteiger partial charge on any atom is -0.507 e. The number of aromatic hydroxyl groups is 2. The van der Waals surface area contributed by atoms with Crippen molar-refractivity contribution in [3.63, 3.8) is 0 Å². The van der Waals surface area contributed by atoms with Gasteiger partial charge in [0.25, 0.3) is 20.2 Å². The molecule has 2 rings (SSSR count). The average molecular weight is 457 g/mol. The van der Waals surface area contributed by atoms with Crippen molar-refractivity contribution in [1.29, 1.82) is 0 Å². The van der Waals surface area contributed by atoms with E-state index >= 15 is 0 Å². The third-order valence-electron chi connectivity index (χ3n) is 3.61. The molecule has 0 aromatic heterocycles. The largest absolute Gasteiger partial charge is 0.507 e. The Balaban J connectivity index is 0.00000420. The van der Waals surface area contributed by atoms with Gasteiger partial charge in [-0.05, 0) is 12.1 Å². The maximum Gasteiger partial charge on any atom is 0.298 e. The van der Waals surface area contributed by atoms with Gasteiger partial charge in [0.2, 0.25) is 5.78 Å². The molecule has 0 saturated carbocycles. The minimum absolute atomic E-state index is 0. The average Bonchev–Trinajstić information content (AvgIpc) is 2.58. The zero-order valence-electron chi connectivity index (χ0n) is 15.3. The van der Waals surface area contributed by atoms with Crippen LogP contribution in [0.5, 0.6) is 23.0 Å². The summed E-state index contributed by atoms with van der Waals surface area (Å²) >= 11 is 0. The molecule has 11 nitrogen and oxygen atoms in total. The van der Waals surface area contributed by atoms with Crippen LogP contribution in [0, 0.1) is 0 Å². The molecule has 2 aromatic carbocycles. The zero-order valence-corrected chi connectivity index (χ0v) is 18.9. The number of phenolic OH excluding ortho intramolecular Hbond substituents is 2. The summed E-state index contributed by atoms with van der Waals surface area (Å²) in [5.41, 5.74) is -1.40. The van der Waals surface area contributed by atoms with Crippen LogP contribution >= 0.6 is 0 Å². The number of ketones is 1. The first-order chi connectivity index (χ1) is 12.8. The van der Waals surface area contributed by atoms with Crippen molar-refractivity contribution in [2.45, 2.75) is 9.79 Å². The van der Waals surface area contributed by atoms with Crippen molar-refractivity contribution in [3.05, 3.63) is 35.4 Å². The van der Waals surface area contributed by atoms with Crippen molar-refractivity contribution in [2.75, 3.05) is 14.2 Å². The predicted octanol–water partition coefficient (Wildman–Crippen LogP) is 0.459. The number of carbonyl (C=O) groups excluding carboxylic acids is 1. The number of carbonyl (C=O) groups is 1. The van der Waals surface area contributed by atoms with Gasteiger partial charge in [0.05, 0.1) is 25.3 Å². The fourth-order valence-electron chi connectivity index (χ4n) is 2.33. The Morgan fingerprint density at radius 1 is 0.759 bits per heavy atom. The van der Waals surface area contributed by atoms with Crippen molar-refractivity contribution in [3.8, 4) is 23.0 Å². The molecule has 0 amide bonds. The van der Waals surface area contributed by atoms with E-state index in [1.807, 2.05) is 0 Å². The van der Waals surface area contributed by atoms with Crippen molar-refractivity contribution >= 4 is 55.6 Å². The molecular formula is C15H14NaO11S2. The summed E-state index contributed by atoms with van der Waals surface area (Å²) in [4.78, 5) is 11.0. The number of rotatable bonds is 6. The predicted molar refractivity (Wildman–Crippen MR) is 98.1 cm³/mol. The van der Waals surface area contributed by atoms with Crippen LogP contribution in [0.1, 0.15) is 15.9 Å². The Bertz CT molecular complexity index is 1080. The standard InChI is InChI=1S/C15H14O11S2.Na/c1-25-11-5-9(16)7(3-13(11)27(19,20)21)15(18)8-4-14(28(22,23)24)12(26-2)6-10(8)17;/h3-6,16-17H,1-2H3,(H,19,20,21)(H,22,23,24);. The van der Waals surface area contributed by atoms with Crippen molar-refractivity contribution in [1.82, 2.24) is 0 Å². The molecule has 0 aliphatic heterocycles. The maximum atomic E-state index is 12.7. The fourth-order valence-corrected chi connectivity index (χ4v) is 3.66. The molecule has 0 atom stereocenters. The molecule has 14 heteroatoms. The van der Waals surface area contributed by atoms with Crippen LogP contribution in [0.25, 0.3) is 0 Å². The maximum absolute atomic E-state index is 12.7. The first-order valence-electron chi connectivity index (χ1n) is 7.13. The second-order valence-corrected chi connectivity index (χ2v) is 8.10. The Morgan fingerprint density at radius 3 is 1.31 bits per heavy atom. The van der Waals surface area contributed by atoms with Gasteiger partial charge in [0.15, 0.2) is 0 Å². The second-order valence-electron chi connectivity index (χ2n) is 5.32. The SMILES string of the molecule is COc1cc(O)c(C(=O)c2cc(S(=O)(=O)O)c(OC)cc2O)cc1S(=O)(=O)O.[Na]. The molecule has 4 N–H and O–H groups in total. The molecule has 1 radical (unpaired) electrons. The van der Waals surface area contributed by atoms with Gasteiger partial charge in [-0.2, -0.15) is 16.8 Å². The molecule has 0 aliphatic rings. The Morgan fingerprint density at radius 2 is 1.07 bits per heavy atom. The number of ether oxygens (including phenoxy) is 2.